The van der Waals surface area contributed by atoms with Gasteiger partial charge in [0.15, 0.2) is 5.03 Å². The molecule has 1 saturated heterocycles. The highest BCUT2D eigenvalue weighted by Crippen LogP contribution is 2.81. The molecule has 41 heavy (non-hydrogen) atoms. The topological polar surface area (TPSA) is 128 Å². The number of piperidine rings is 1. The summed E-state index contributed by atoms with van der Waals surface area (Å²) in [5.41, 5.74) is 7.25. The van der Waals surface area contributed by atoms with E-state index in [2.05, 4.69) is 14.6 Å². The second-order valence-electron chi connectivity index (χ2n) is 12.2. The Bertz CT molecular complexity index is 1680. The maximum absolute atomic E-state index is 14.6. The molecular formula is C30H32FN5O4S. The van der Waals surface area contributed by atoms with Crippen molar-refractivity contribution in [1.82, 2.24) is 14.7 Å². The normalized spacial score (nSPS) is 27.3. The molecule has 11 heteroatoms. The zero-order valence-corrected chi connectivity index (χ0v) is 23.7. The number of amides is 1. The summed E-state index contributed by atoms with van der Waals surface area (Å²) in [6.45, 7) is 5.24. The van der Waals surface area contributed by atoms with E-state index in [1.807, 2.05) is 13.8 Å². The summed E-state index contributed by atoms with van der Waals surface area (Å²) in [6.07, 6.45) is 3.71. The van der Waals surface area contributed by atoms with Crippen molar-refractivity contribution in [2.75, 3.05) is 23.8 Å². The molecule has 5 unspecified atom stereocenters. The number of hydrogen-bond donors (Lipinski definition) is 2. The van der Waals surface area contributed by atoms with Crippen molar-refractivity contribution < 1.29 is 22.3 Å². The molecule has 4 aliphatic rings. The van der Waals surface area contributed by atoms with Crippen LogP contribution >= 0.6 is 0 Å². The minimum absolute atomic E-state index is 0.0272. The van der Waals surface area contributed by atoms with Crippen LogP contribution in [0.15, 0.2) is 53.6 Å². The number of carbonyl (C=O) groups excluding carboxylic acids is 1. The number of benzene rings is 1. The minimum Gasteiger partial charge on any atom is -0.493 e. The van der Waals surface area contributed by atoms with E-state index in [4.69, 9.17) is 15.5 Å². The molecule has 0 radical (unpaired) electrons. The highest BCUT2D eigenvalue weighted by Gasteiger charge is 2.80. The predicted octanol–water partition coefficient (Wildman–Crippen LogP) is 4.25. The Kier molecular flexibility index (Phi) is 5.84. The maximum Gasteiger partial charge on any atom is 0.281 e. The highest BCUT2D eigenvalue weighted by molar-refractivity contribution is 7.90. The number of nitrogens with zero attached hydrogens (tertiary/aromatic N) is 3. The fourth-order valence-electron chi connectivity index (χ4n) is 7.55. The van der Waals surface area contributed by atoms with Gasteiger partial charge in [0.1, 0.15) is 23.2 Å². The predicted molar refractivity (Wildman–Crippen MR) is 151 cm³/mol. The molecule has 4 fully saturated rings. The summed E-state index contributed by atoms with van der Waals surface area (Å²) in [5.74, 6) is 1.81. The molecule has 5 atom stereocenters. The Labute approximate surface area is 238 Å². The van der Waals surface area contributed by atoms with Gasteiger partial charge in [-0.3, -0.25) is 4.79 Å². The number of nitrogens with two attached hydrogens (primary N) is 1. The van der Waals surface area contributed by atoms with Gasteiger partial charge in [0, 0.05) is 30.1 Å². The summed E-state index contributed by atoms with van der Waals surface area (Å²) in [4.78, 5) is 24.4. The molecule has 2 aromatic heterocycles. The third-order valence-electron chi connectivity index (χ3n) is 9.37. The van der Waals surface area contributed by atoms with E-state index in [1.54, 1.807) is 18.2 Å². The van der Waals surface area contributed by atoms with Crippen molar-refractivity contribution in [2.24, 2.45) is 29.1 Å². The molecule has 3 N–H and O–H groups in total. The summed E-state index contributed by atoms with van der Waals surface area (Å²) < 4.78 is 48.5. The molecule has 1 aliphatic heterocycles. The number of anilines is 2. The van der Waals surface area contributed by atoms with Gasteiger partial charge in [-0.05, 0) is 78.8 Å². The van der Waals surface area contributed by atoms with Crippen LogP contribution in [0.3, 0.4) is 0 Å². The number of hydrogen-bond acceptors (Lipinski definition) is 8. The van der Waals surface area contributed by atoms with Gasteiger partial charge in [-0.15, -0.1) is 0 Å². The number of sulfonamides is 1. The first kappa shape index (κ1) is 26.2. The van der Waals surface area contributed by atoms with Crippen LogP contribution in [-0.4, -0.2) is 43.5 Å². The molecule has 3 aliphatic carbocycles. The number of aromatic nitrogens is 2. The van der Waals surface area contributed by atoms with Crippen molar-refractivity contribution in [1.29, 1.82) is 0 Å². The largest absolute Gasteiger partial charge is 0.493 e. The first-order valence-electron chi connectivity index (χ1n) is 14.1. The third-order valence-corrected chi connectivity index (χ3v) is 10.6. The smallest absolute Gasteiger partial charge is 0.281 e. The number of nitrogens with one attached hydrogen (secondary N) is 1. The minimum atomic E-state index is -4.28. The van der Waals surface area contributed by atoms with Gasteiger partial charge in [0.2, 0.25) is 0 Å². The first-order chi connectivity index (χ1) is 19.6. The number of nitrogen functional groups attached to an aromatic ring is 1. The Morgan fingerprint density at radius 1 is 1.17 bits per heavy atom. The second-order valence-corrected chi connectivity index (χ2v) is 13.9. The summed E-state index contributed by atoms with van der Waals surface area (Å²) in [7, 11) is -4.28. The van der Waals surface area contributed by atoms with Crippen molar-refractivity contribution in [3.63, 3.8) is 0 Å². The molecule has 3 heterocycles. The molecule has 1 amide bonds. The van der Waals surface area contributed by atoms with Gasteiger partial charge >= 0.3 is 0 Å². The number of pyridine rings is 2. The van der Waals surface area contributed by atoms with E-state index in [-0.39, 0.29) is 28.4 Å². The lowest BCUT2D eigenvalue weighted by Gasteiger charge is -2.66. The maximum atomic E-state index is 14.6. The quantitative estimate of drug-likeness (QED) is 0.407. The van der Waals surface area contributed by atoms with Crippen molar-refractivity contribution in [2.45, 2.75) is 44.2 Å². The number of rotatable bonds is 8. The number of fused-ring (bicyclic) bond motifs is 2. The Balaban J connectivity index is 1.24. The van der Waals surface area contributed by atoms with Crippen molar-refractivity contribution >= 4 is 27.6 Å². The molecule has 9 nitrogen and oxygen atoms in total. The van der Waals surface area contributed by atoms with Gasteiger partial charge in [-0.25, -0.2) is 19.1 Å². The zero-order chi connectivity index (χ0) is 28.7. The fourth-order valence-corrected chi connectivity index (χ4v) is 8.49. The van der Waals surface area contributed by atoms with Crippen LogP contribution in [0.4, 0.5) is 16.0 Å². The molecule has 214 valence electrons. The molecular weight excluding hydrogens is 545 g/mol. The van der Waals surface area contributed by atoms with E-state index in [0.717, 1.165) is 12.5 Å². The van der Waals surface area contributed by atoms with Crippen molar-refractivity contribution in [3.8, 4) is 17.0 Å². The Morgan fingerprint density at radius 2 is 2.00 bits per heavy atom. The molecule has 0 bridgehead atoms. The molecule has 3 saturated carbocycles. The van der Waals surface area contributed by atoms with Gasteiger partial charge in [-0.2, -0.15) is 8.42 Å². The molecule has 3 aromatic rings. The third kappa shape index (κ3) is 4.15. The van der Waals surface area contributed by atoms with E-state index in [1.165, 1.54) is 49.6 Å². The SMILES string of the molecule is CC(C)COc1cc(F)cc(-c2ccc(C(=O)NS(=O)(=O)c3cccc(N)n3)c(N3CC4C3C3CCC5CC534)n2)c1. The Hall–Kier alpha value is -3.73. The summed E-state index contributed by atoms with van der Waals surface area (Å²) in [5, 5.41) is -0.346. The number of carbonyl (C=O) groups is 1. The van der Waals surface area contributed by atoms with Gasteiger partial charge in [-0.1, -0.05) is 19.9 Å². The van der Waals surface area contributed by atoms with Crippen LogP contribution in [0.1, 0.15) is 43.5 Å². The molecule has 1 spiro atoms. The zero-order valence-electron chi connectivity index (χ0n) is 22.9. The van der Waals surface area contributed by atoms with E-state index >= 15 is 0 Å². The average molecular weight is 578 g/mol. The second kappa shape index (κ2) is 9.14. The lowest BCUT2D eigenvalue weighted by molar-refractivity contribution is -0.0361. The number of halogens is 1. The van der Waals surface area contributed by atoms with Crippen LogP contribution in [0.2, 0.25) is 0 Å². The summed E-state index contributed by atoms with van der Waals surface area (Å²) in [6, 6.07) is 12.1. The van der Waals surface area contributed by atoms with Crippen LogP contribution in [0, 0.1) is 34.9 Å². The van der Waals surface area contributed by atoms with Crippen LogP contribution < -0.4 is 20.1 Å². The average Bonchev–Trinajstić information content (AvgIpc) is 3.56. The van der Waals surface area contributed by atoms with Gasteiger partial charge in [0.25, 0.3) is 15.9 Å². The van der Waals surface area contributed by atoms with E-state index in [0.29, 0.717) is 46.7 Å². The lowest BCUT2D eigenvalue weighted by atomic mass is 9.53. The standard InChI is InChI=1S/C30H32FN5O4S/c1-16(2)15-40-20-11-17(10-19(31)12-20)24-9-7-21(29(37)35-41(38,39)26-5-3-4-25(32)34-26)28(33-24)36-14-23-27(36)22-8-6-18-13-30(18,22)23/h3-5,7,9-12,16,18,22-23,27H,6,8,13-15H2,1-2H3,(H2,32,34)(H,35,37). The number of ether oxygens (including phenoxy) is 1. The van der Waals surface area contributed by atoms with Crippen LogP contribution in [0.5, 0.6) is 5.75 Å². The fraction of sp³-hybridized carbons (Fsp3) is 0.433. The van der Waals surface area contributed by atoms with E-state index in [9.17, 15) is 17.6 Å². The highest BCUT2D eigenvalue weighted by atomic mass is 32.2. The molecule has 7 rings (SSSR count). The van der Waals surface area contributed by atoms with Crippen LogP contribution in [0.25, 0.3) is 11.3 Å². The first-order valence-corrected chi connectivity index (χ1v) is 15.6. The lowest BCUT2D eigenvalue weighted by Crippen LogP contribution is -2.73. The van der Waals surface area contributed by atoms with E-state index < -0.39 is 21.7 Å². The van der Waals surface area contributed by atoms with Gasteiger partial charge < -0.3 is 15.4 Å². The van der Waals surface area contributed by atoms with Crippen LogP contribution in [-0.2, 0) is 10.0 Å². The monoisotopic (exact) mass is 577 g/mol. The molecule has 1 aromatic carbocycles. The Morgan fingerprint density at radius 3 is 2.76 bits per heavy atom. The summed E-state index contributed by atoms with van der Waals surface area (Å²) >= 11 is 0. The van der Waals surface area contributed by atoms with Gasteiger partial charge in [0.05, 0.1) is 17.9 Å². The van der Waals surface area contributed by atoms with Crippen molar-refractivity contribution in [3.05, 3.63) is 59.9 Å².